The Hall–Kier alpha value is -1.06. The summed E-state index contributed by atoms with van der Waals surface area (Å²) in [6, 6.07) is 9.98. The zero-order valence-corrected chi connectivity index (χ0v) is 13.8. The van der Waals surface area contributed by atoms with Gasteiger partial charge in [-0.15, -0.1) is 0 Å². The maximum atomic E-state index is 5.72. The van der Waals surface area contributed by atoms with E-state index < -0.39 is 0 Å². The van der Waals surface area contributed by atoms with Gasteiger partial charge >= 0.3 is 0 Å². The van der Waals surface area contributed by atoms with E-state index in [1.54, 1.807) is 0 Å². The summed E-state index contributed by atoms with van der Waals surface area (Å²) in [5, 5.41) is 3.41. The molecule has 3 heteroatoms. The van der Waals surface area contributed by atoms with Gasteiger partial charge in [0.05, 0.1) is 6.61 Å². The van der Waals surface area contributed by atoms with Crippen LogP contribution in [-0.2, 0) is 6.54 Å². The van der Waals surface area contributed by atoms with E-state index in [1.165, 1.54) is 31.2 Å². The molecule has 0 spiro atoms. The van der Waals surface area contributed by atoms with Crippen LogP contribution in [0.5, 0.6) is 5.75 Å². The van der Waals surface area contributed by atoms with Crippen molar-refractivity contribution in [2.45, 2.75) is 57.7 Å². The van der Waals surface area contributed by atoms with Crippen LogP contribution in [-0.4, -0.2) is 37.7 Å². The van der Waals surface area contributed by atoms with Crippen LogP contribution in [0.25, 0.3) is 0 Å². The molecule has 0 heterocycles. The van der Waals surface area contributed by atoms with Gasteiger partial charge in [0.1, 0.15) is 5.75 Å². The fourth-order valence-electron chi connectivity index (χ4n) is 3.18. The average Bonchev–Trinajstić information content (AvgIpc) is 2.53. The lowest BCUT2D eigenvalue weighted by atomic mass is 9.90. The summed E-state index contributed by atoms with van der Waals surface area (Å²) in [6.07, 6.45) is 6.25. The number of ether oxygens (including phenoxy) is 1. The minimum absolute atomic E-state index is 0.717. The third-order valence-electron chi connectivity index (χ3n) is 4.53. The second kappa shape index (κ2) is 8.40. The molecule has 0 aromatic heterocycles. The Kier molecular flexibility index (Phi) is 6.52. The normalized spacial score (nSPS) is 22.5. The van der Waals surface area contributed by atoms with Gasteiger partial charge in [-0.05, 0) is 63.9 Å². The summed E-state index contributed by atoms with van der Waals surface area (Å²) in [4.78, 5) is 2.50. The molecule has 118 valence electrons. The molecule has 1 aliphatic rings. The number of hydrogen-bond acceptors (Lipinski definition) is 3. The highest BCUT2D eigenvalue weighted by atomic mass is 16.5. The SMILES string of the molecule is CCCOc1cccc(CN(C)C2CCC(NC)CC2)c1. The standard InChI is InChI=1S/C18H30N2O/c1-4-12-21-18-7-5-6-15(13-18)14-20(3)17-10-8-16(19-2)9-11-17/h5-7,13,16-17,19H,4,8-12,14H2,1-3H3. The van der Waals surface area contributed by atoms with Crippen LogP contribution in [0.3, 0.4) is 0 Å². The number of nitrogens with zero attached hydrogens (tertiary/aromatic N) is 1. The molecule has 0 amide bonds. The van der Waals surface area contributed by atoms with E-state index in [2.05, 4.69) is 55.5 Å². The van der Waals surface area contributed by atoms with Crippen LogP contribution in [0.4, 0.5) is 0 Å². The molecule has 2 rings (SSSR count). The second-order valence-corrected chi connectivity index (χ2v) is 6.21. The number of rotatable bonds is 7. The molecule has 0 atom stereocenters. The zero-order valence-electron chi connectivity index (χ0n) is 13.8. The molecule has 1 fully saturated rings. The first-order chi connectivity index (χ1) is 10.2. The summed E-state index contributed by atoms with van der Waals surface area (Å²) in [6.45, 7) is 3.95. The third kappa shape index (κ3) is 5.01. The Morgan fingerprint density at radius 1 is 1.24 bits per heavy atom. The van der Waals surface area contributed by atoms with Crippen molar-refractivity contribution in [2.24, 2.45) is 0 Å². The van der Waals surface area contributed by atoms with Gasteiger partial charge in [0.25, 0.3) is 0 Å². The van der Waals surface area contributed by atoms with Gasteiger partial charge in [-0.3, -0.25) is 4.90 Å². The van der Waals surface area contributed by atoms with Crippen molar-refractivity contribution in [3.8, 4) is 5.75 Å². The largest absolute Gasteiger partial charge is 0.494 e. The molecule has 1 aromatic carbocycles. The maximum absolute atomic E-state index is 5.72. The molecule has 1 aliphatic carbocycles. The van der Waals surface area contributed by atoms with Crippen LogP contribution in [0, 0.1) is 0 Å². The molecule has 1 aromatic rings. The number of benzene rings is 1. The first-order valence-electron chi connectivity index (χ1n) is 8.32. The summed E-state index contributed by atoms with van der Waals surface area (Å²) in [5.74, 6) is 1.00. The van der Waals surface area contributed by atoms with Gasteiger partial charge < -0.3 is 10.1 Å². The monoisotopic (exact) mass is 290 g/mol. The predicted octanol–water partition coefficient (Wildman–Crippen LogP) is 3.44. The summed E-state index contributed by atoms with van der Waals surface area (Å²) in [7, 11) is 4.33. The van der Waals surface area contributed by atoms with Crippen molar-refractivity contribution >= 4 is 0 Å². The number of hydrogen-bond donors (Lipinski definition) is 1. The molecule has 0 aliphatic heterocycles. The van der Waals surface area contributed by atoms with Gasteiger partial charge in [-0.25, -0.2) is 0 Å². The number of nitrogens with one attached hydrogen (secondary N) is 1. The Balaban J connectivity index is 1.86. The third-order valence-corrected chi connectivity index (χ3v) is 4.53. The zero-order chi connectivity index (χ0) is 15.1. The molecular formula is C18H30N2O. The van der Waals surface area contributed by atoms with E-state index in [0.717, 1.165) is 37.4 Å². The molecule has 0 bridgehead atoms. The van der Waals surface area contributed by atoms with Crippen molar-refractivity contribution in [2.75, 3.05) is 20.7 Å². The molecule has 3 nitrogen and oxygen atoms in total. The molecule has 1 saturated carbocycles. The molecule has 0 unspecified atom stereocenters. The lowest BCUT2D eigenvalue weighted by Gasteiger charge is -2.34. The Bertz CT molecular complexity index is 413. The Morgan fingerprint density at radius 2 is 2.00 bits per heavy atom. The van der Waals surface area contributed by atoms with Gasteiger partial charge in [0.15, 0.2) is 0 Å². The van der Waals surface area contributed by atoms with Crippen molar-refractivity contribution in [1.82, 2.24) is 10.2 Å². The molecule has 0 radical (unpaired) electrons. The molecule has 21 heavy (non-hydrogen) atoms. The summed E-state index contributed by atoms with van der Waals surface area (Å²) in [5.41, 5.74) is 1.35. The highest BCUT2D eigenvalue weighted by Gasteiger charge is 2.22. The first-order valence-corrected chi connectivity index (χ1v) is 8.32. The highest BCUT2D eigenvalue weighted by molar-refractivity contribution is 5.28. The van der Waals surface area contributed by atoms with E-state index in [9.17, 15) is 0 Å². The predicted molar refractivity (Wildman–Crippen MR) is 88.8 cm³/mol. The van der Waals surface area contributed by atoms with E-state index in [1.807, 2.05) is 0 Å². The lowest BCUT2D eigenvalue weighted by Crippen LogP contribution is -2.39. The Labute approximate surface area is 129 Å². The van der Waals surface area contributed by atoms with Crippen LogP contribution in [0.2, 0.25) is 0 Å². The van der Waals surface area contributed by atoms with E-state index >= 15 is 0 Å². The quantitative estimate of drug-likeness (QED) is 0.832. The lowest BCUT2D eigenvalue weighted by molar-refractivity contribution is 0.170. The maximum Gasteiger partial charge on any atom is 0.119 e. The van der Waals surface area contributed by atoms with Crippen LogP contribution >= 0.6 is 0 Å². The van der Waals surface area contributed by atoms with E-state index in [4.69, 9.17) is 4.74 Å². The van der Waals surface area contributed by atoms with E-state index in [-0.39, 0.29) is 0 Å². The van der Waals surface area contributed by atoms with Crippen LogP contribution in [0.1, 0.15) is 44.6 Å². The smallest absolute Gasteiger partial charge is 0.119 e. The van der Waals surface area contributed by atoms with Gasteiger partial charge in [0, 0.05) is 18.6 Å². The minimum atomic E-state index is 0.717. The first kappa shape index (κ1) is 16.3. The van der Waals surface area contributed by atoms with Gasteiger partial charge in [-0.2, -0.15) is 0 Å². The van der Waals surface area contributed by atoms with E-state index in [0.29, 0.717) is 0 Å². The fraction of sp³-hybridized carbons (Fsp3) is 0.667. The molecule has 0 saturated heterocycles. The Morgan fingerprint density at radius 3 is 2.67 bits per heavy atom. The average molecular weight is 290 g/mol. The van der Waals surface area contributed by atoms with Gasteiger partial charge in [-0.1, -0.05) is 19.1 Å². The minimum Gasteiger partial charge on any atom is -0.494 e. The summed E-state index contributed by atoms with van der Waals surface area (Å²) >= 11 is 0. The second-order valence-electron chi connectivity index (χ2n) is 6.21. The topological polar surface area (TPSA) is 24.5 Å². The van der Waals surface area contributed by atoms with Crippen molar-refractivity contribution in [3.63, 3.8) is 0 Å². The summed E-state index contributed by atoms with van der Waals surface area (Å²) < 4.78 is 5.72. The molecular weight excluding hydrogens is 260 g/mol. The molecule has 1 N–H and O–H groups in total. The van der Waals surface area contributed by atoms with Crippen LogP contribution < -0.4 is 10.1 Å². The highest BCUT2D eigenvalue weighted by Crippen LogP contribution is 2.24. The van der Waals surface area contributed by atoms with Crippen molar-refractivity contribution < 1.29 is 4.74 Å². The fourth-order valence-corrected chi connectivity index (χ4v) is 3.18. The van der Waals surface area contributed by atoms with Crippen LogP contribution in [0.15, 0.2) is 24.3 Å². The van der Waals surface area contributed by atoms with Gasteiger partial charge in [0.2, 0.25) is 0 Å². The van der Waals surface area contributed by atoms with Crippen molar-refractivity contribution in [1.29, 1.82) is 0 Å². The van der Waals surface area contributed by atoms with Crippen molar-refractivity contribution in [3.05, 3.63) is 29.8 Å².